The molecule has 0 radical (unpaired) electrons. The number of fused-ring (bicyclic) bond motifs is 6. The third-order valence-corrected chi connectivity index (χ3v) is 6.31. The Balaban J connectivity index is 1.76. The van der Waals surface area contributed by atoms with Gasteiger partial charge in [-0.3, -0.25) is 0 Å². The highest BCUT2D eigenvalue weighted by Crippen LogP contribution is 2.69. The molecule has 1 spiro atoms. The second-order valence-corrected chi connectivity index (χ2v) is 6.49. The zero-order valence-electron chi connectivity index (χ0n) is 8.91. The molecule has 3 unspecified atom stereocenters. The van der Waals surface area contributed by atoms with Crippen LogP contribution in [0.15, 0.2) is 0 Å². The lowest BCUT2D eigenvalue weighted by atomic mass is 9.61. The quantitative estimate of drug-likeness (QED) is 0.625. The van der Waals surface area contributed by atoms with Crippen molar-refractivity contribution in [1.82, 2.24) is 0 Å². The Bertz CT molecular complexity index is 263. The third-order valence-electron chi connectivity index (χ3n) is 6.31. The SMILES string of the molecule is N[C@H]1[C@H]2CC[C@H](C2)C12CC1CCC2C1. The Hall–Kier alpha value is -0.0400. The van der Waals surface area contributed by atoms with Crippen LogP contribution in [0.5, 0.6) is 0 Å². The largest absolute Gasteiger partial charge is 0.327 e. The predicted molar refractivity (Wildman–Crippen MR) is 56.7 cm³/mol. The van der Waals surface area contributed by atoms with E-state index in [0.29, 0.717) is 11.5 Å². The van der Waals surface area contributed by atoms with Crippen LogP contribution in [0.2, 0.25) is 0 Å². The Morgan fingerprint density at radius 1 is 0.929 bits per heavy atom. The average Bonchev–Trinajstić information content (AvgIpc) is 2.91. The van der Waals surface area contributed by atoms with Gasteiger partial charge in [-0.25, -0.2) is 0 Å². The maximum absolute atomic E-state index is 6.55. The van der Waals surface area contributed by atoms with Crippen LogP contribution in [0.4, 0.5) is 0 Å². The molecule has 0 heterocycles. The van der Waals surface area contributed by atoms with Crippen LogP contribution < -0.4 is 5.73 Å². The Morgan fingerprint density at radius 3 is 2.29 bits per heavy atom. The lowest BCUT2D eigenvalue weighted by Gasteiger charge is -2.46. The summed E-state index contributed by atoms with van der Waals surface area (Å²) in [5.41, 5.74) is 7.21. The summed E-state index contributed by atoms with van der Waals surface area (Å²) in [5, 5.41) is 0. The number of nitrogens with two attached hydrogens (primary N) is 1. The highest BCUT2D eigenvalue weighted by Gasteiger charge is 2.64. The Kier molecular flexibility index (Phi) is 1.38. The molecule has 1 nitrogen and oxygen atoms in total. The molecule has 4 bridgehead atoms. The second kappa shape index (κ2) is 2.37. The summed E-state index contributed by atoms with van der Waals surface area (Å²) < 4.78 is 0. The molecule has 0 amide bonds. The van der Waals surface area contributed by atoms with Crippen molar-refractivity contribution in [3.63, 3.8) is 0 Å². The van der Waals surface area contributed by atoms with Gasteiger partial charge in [0.1, 0.15) is 0 Å². The van der Waals surface area contributed by atoms with Crippen LogP contribution in [-0.2, 0) is 0 Å². The van der Waals surface area contributed by atoms with Gasteiger partial charge >= 0.3 is 0 Å². The van der Waals surface area contributed by atoms with E-state index in [-0.39, 0.29) is 0 Å². The molecule has 0 aromatic heterocycles. The molecule has 4 fully saturated rings. The normalized spacial score (nSPS) is 64.5. The molecule has 1 heteroatoms. The van der Waals surface area contributed by atoms with Gasteiger partial charge in [0, 0.05) is 6.04 Å². The standard InChI is InChI=1S/C13H21N/c14-12-9-2-4-11(6-9)13(12)7-8-1-3-10(13)5-8/h8-12H,1-7,14H2/t8?,9-,10?,11+,12-,13?/m0/s1. The topological polar surface area (TPSA) is 26.0 Å². The van der Waals surface area contributed by atoms with Crippen molar-refractivity contribution in [2.75, 3.05) is 0 Å². The maximum Gasteiger partial charge on any atom is 0.0129 e. The molecule has 14 heavy (non-hydrogen) atoms. The van der Waals surface area contributed by atoms with Gasteiger partial charge in [0.2, 0.25) is 0 Å². The lowest BCUT2D eigenvalue weighted by molar-refractivity contribution is 0.0574. The van der Waals surface area contributed by atoms with Gasteiger partial charge in [-0.15, -0.1) is 0 Å². The molecule has 0 aromatic rings. The predicted octanol–water partition coefficient (Wildman–Crippen LogP) is 2.55. The van der Waals surface area contributed by atoms with Gasteiger partial charge in [-0.05, 0) is 67.6 Å². The second-order valence-electron chi connectivity index (χ2n) is 6.49. The van der Waals surface area contributed by atoms with Gasteiger partial charge in [-0.2, -0.15) is 0 Å². The van der Waals surface area contributed by atoms with Crippen molar-refractivity contribution in [2.45, 2.75) is 51.0 Å². The summed E-state index contributed by atoms with van der Waals surface area (Å²) >= 11 is 0. The fraction of sp³-hybridized carbons (Fsp3) is 1.00. The van der Waals surface area contributed by atoms with Crippen molar-refractivity contribution in [2.24, 2.45) is 34.8 Å². The zero-order chi connectivity index (χ0) is 9.34. The van der Waals surface area contributed by atoms with E-state index in [0.717, 1.165) is 23.7 Å². The lowest BCUT2D eigenvalue weighted by Crippen LogP contribution is -2.49. The fourth-order valence-corrected chi connectivity index (χ4v) is 5.87. The summed E-state index contributed by atoms with van der Waals surface area (Å²) in [5.74, 6) is 4.07. The van der Waals surface area contributed by atoms with Crippen molar-refractivity contribution in [3.8, 4) is 0 Å². The minimum Gasteiger partial charge on any atom is -0.327 e. The zero-order valence-corrected chi connectivity index (χ0v) is 8.91. The molecular weight excluding hydrogens is 170 g/mol. The molecule has 2 N–H and O–H groups in total. The Labute approximate surface area is 86.4 Å². The first-order valence-corrected chi connectivity index (χ1v) is 6.56. The van der Waals surface area contributed by atoms with Gasteiger partial charge in [0.25, 0.3) is 0 Å². The summed E-state index contributed by atoms with van der Waals surface area (Å²) in [7, 11) is 0. The summed E-state index contributed by atoms with van der Waals surface area (Å²) in [6.45, 7) is 0. The first kappa shape index (κ1) is 8.15. The smallest absolute Gasteiger partial charge is 0.0129 e. The van der Waals surface area contributed by atoms with Crippen LogP contribution in [0.3, 0.4) is 0 Å². The molecular formula is C13H21N. The van der Waals surface area contributed by atoms with Gasteiger partial charge in [-0.1, -0.05) is 6.42 Å². The van der Waals surface area contributed by atoms with Gasteiger partial charge in [0.05, 0.1) is 0 Å². The highest BCUT2D eigenvalue weighted by atomic mass is 14.8. The van der Waals surface area contributed by atoms with E-state index < -0.39 is 0 Å². The number of hydrogen-bond donors (Lipinski definition) is 1. The summed E-state index contributed by atoms with van der Waals surface area (Å²) in [4.78, 5) is 0. The third kappa shape index (κ3) is 0.711. The molecule has 6 atom stereocenters. The van der Waals surface area contributed by atoms with Crippen molar-refractivity contribution < 1.29 is 0 Å². The van der Waals surface area contributed by atoms with Crippen LogP contribution in [0, 0.1) is 29.1 Å². The molecule has 0 saturated heterocycles. The number of hydrogen-bond acceptors (Lipinski definition) is 1. The summed E-state index contributed by atoms with van der Waals surface area (Å²) in [6.07, 6.45) is 10.5. The van der Waals surface area contributed by atoms with Crippen LogP contribution >= 0.6 is 0 Å². The summed E-state index contributed by atoms with van der Waals surface area (Å²) in [6, 6.07) is 0.594. The van der Waals surface area contributed by atoms with Gasteiger partial charge in [0.15, 0.2) is 0 Å². The molecule has 4 rings (SSSR count). The Morgan fingerprint density at radius 2 is 1.71 bits per heavy atom. The molecule has 0 aromatic carbocycles. The fourth-order valence-electron chi connectivity index (χ4n) is 5.87. The minimum atomic E-state index is 0.594. The maximum atomic E-state index is 6.55. The monoisotopic (exact) mass is 191 g/mol. The molecule has 4 saturated carbocycles. The van der Waals surface area contributed by atoms with Crippen molar-refractivity contribution in [1.29, 1.82) is 0 Å². The van der Waals surface area contributed by atoms with Crippen molar-refractivity contribution in [3.05, 3.63) is 0 Å². The van der Waals surface area contributed by atoms with E-state index in [4.69, 9.17) is 5.73 Å². The van der Waals surface area contributed by atoms with E-state index in [9.17, 15) is 0 Å². The van der Waals surface area contributed by atoms with E-state index >= 15 is 0 Å². The minimum absolute atomic E-state index is 0.594. The highest BCUT2D eigenvalue weighted by molar-refractivity contribution is 5.16. The molecule has 4 aliphatic rings. The van der Waals surface area contributed by atoms with Crippen LogP contribution in [-0.4, -0.2) is 6.04 Å². The molecule has 4 aliphatic carbocycles. The molecule has 0 aliphatic heterocycles. The average molecular weight is 191 g/mol. The van der Waals surface area contributed by atoms with Gasteiger partial charge < -0.3 is 5.73 Å². The van der Waals surface area contributed by atoms with Crippen LogP contribution in [0.1, 0.15) is 44.9 Å². The number of rotatable bonds is 0. The van der Waals surface area contributed by atoms with E-state index in [1.165, 1.54) is 44.9 Å². The van der Waals surface area contributed by atoms with E-state index in [2.05, 4.69) is 0 Å². The van der Waals surface area contributed by atoms with E-state index in [1.54, 1.807) is 0 Å². The first-order chi connectivity index (χ1) is 6.80. The van der Waals surface area contributed by atoms with Crippen LogP contribution in [0.25, 0.3) is 0 Å². The van der Waals surface area contributed by atoms with E-state index in [1.807, 2.05) is 0 Å². The first-order valence-electron chi connectivity index (χ1n) is 6.56. The van der Waals surface area contributed by atoms with Crippen molar-refractivity contribution >= 4 is 0 Å². The molecule has 78 valence electrons.